The van der Waals surface area contributed by atoms with Gasteiger partial charge in [-0.25, -0.2) is 18.2 Å². The van der Waals surface area contributed by atoms with Crippen LogP contribution in [0.3, 0.4) is 0 Å². The molecule has 0 bridgehead atoms. The van der Waals surface area contributed by atoms with Crippen LogP contribution < -0.4 is 11.1 Å². The minimum atomic E-state index is -0.702. The van der Waals surface area contributed by atoms with Gasteiger partial charge in [0.2, 0.25) is 5.91 Å². The van der Waals surface area contributed by atoms with E-state index >= 15 is 0 Å². The summed E-state index contributed by atoms with van der Waals surface area (Å²) in [6.07, 6.45) is 1.95. The van der Waals surface area contributed by atoms with E-state index in [1.807, 2.05) is 55.7 Å². The predicted molar refractivity (Wildman–Crippen MR) is 140 cm³/mol. The molecule has 9 heteroatoms. The fourth-order valence-electron chi connectivity index (χ4n) is 4.41. The summed E-state index contributed by atoms with van der Waals surface area (Å²) in [5.41, 5.74) is 6.62. The summed E-state index contributed by atoms with van der Waals surface area (Å²) in [6, 6.07) is 11.7. The summed E-state index contributed by atoms with van der Waals surface area (Å²) in [4.78, 5) is 19.8. The van der Waals surface area contributed by atoms with E-state index in [0.29, 0.717) is 12.4 Å². The van der Waals surface area contributed by atoms with Gasteiger partial charge in [0.15, 0.2) is 0 Å². The van der Waals surface area contributed by atoms with Crippen molar-refractivity contribution in [2.75, 3.05) is 26.8 Å². The number of imidazole rings is 1. The van der Waals surface area contributed by atoms with Gasteiger partial charge in [0, 0.05) is 30.9 Å². The maximum absolute atomic E-state index is 14.8. The molecular formula is C28H36F3N5O. The molecule has 2 aromatic carbocycles. The van der Waals surface area contributed by atoms with Crippen molar-refractivity contribution in [3.8, 4) is 11.3 Å². The number of alkyl halides is 1. The molecule has 1 aromatic heterocycles. The Morgan fingerprint density at radius 2 is 1.86 bits per heavy atom. The van der Waals surface area contributed by atoms with Crippen molar-refractivity contribution in [2.24, 2.45) is 11.1 Å². The Hall–Kier alpha value is -3.17. The van der Waals surface area contributed by atoms with Crippen molar-refractivity contribution in [1.82, 2.24) is 19.8 Å². The highest BCUT2D eigenvalue weighted by atomic mass is 19.1. The number of aromatic nitrogens is 2. The van der Waals surface area contributed by atoms with Crippen LogP contribution >= 0.6 is 0 Å². The molecule has 37 heavy (non-hydrogen) atoms. The number of nitrogens with one attached hydrogen (secondary N) is 1. The molecule has 1 heterocycles. The molecule has 0 fully saturated rings. The molecule has 3 N–H and O–H groups in total. The highest BCUT2D eigenvalue weighted by molar-refractivity contribution is 5.78. The second-order valence-corrected chi connectivity index (χ2v) is 10.3. The summed E-state index contributed by atoms with van der Waals surface area (Å²) in [5, 5.41) is 2.89. The quantitative estimate of drug-likeness (QED) is 0.388. The number of amides is 1. The Balaban J connectivity index is 2.19. The average Bonchev–Trinajstić information content (AvgIpc) is 3.25. The molecule has 2 atom stereocenters. The second-order valence-electron chi connectivity index (χ2n) is 10.3. The van der Waals surface area contributed by atoms with Crippen molar-refractivity contribution in [1.29, 1.82) is 0 Å². The van der Waals surface area contributed by atoms with Crippen LogP contribution in [0, 0.1) is 17.0 Å². The third-order valence-electron chi connectivity index (χ3n) is 6.17. The third kappa shape index (κ3) is 7.20. The van der Waals surface area contributed by atoms with Crippen LogP contribution in [0.25, 0.3) is 11.3 Å². The van der Waals surface area contributed by atoms with E-state index in [-0.39, 0.29) is 36.7 Å². The fraction of sp³-hybridized carbons (Fsp3) is 0.429. The van der Waals surface area contributed by atoms with E-state index in [0.717, 1.165) is 23.8 Å². The van der Waals surface area contributed by atoms with Gasteiger partial charge >= 0.3 is 0 Å². The first-order valence-electron chi connectivity index (χ1n) is 12.4. The lowest BCUT2D eigenvalue weighted by atomic mass is 9.84. The van der Waals surface area contributed by atoms with Crippen molar-refractivity contribution in [3.05, 3.63) is 77.8 Å². The maximum atomic E-state index is 14.8. The van der Waals surface area contributed by atoms with Gasteiger partial charge in [0.25, 0.3) is 0 Å². The fourth-order valence-corrected chi connectivity index (χ4v) is 4.41. The van der Waals surface area contributed by atoms with E-state index < -0.39 is 35.8 Å². The van der Waals surface area contributed by atoms with Crippen LogP contribution in [0.1, 0.15) is 44.6 Å². The molecule has 0 unspecified atom stereocenters. The number of hydrogen-bond acceptors (Lipinski definition) is 4. The first kappa shape index (κ1) is 28.4. The minimum absolute atomic E-state index is 0.0354. The molecule has 0 saturated heterocycles. The number of benzene rings is 2. The first-order chi connectivity index (χ1) is 17.5. The second kappa shape index (κ2) is 12.4. The van der Waals surface area contributed by atoms with Crippen LogP contribution in [0.5, 0.6) is 0 Å². The maximum Gasteiger partial charge on any atom is 0.237 e. The molecule has 0 saturated carbocycles. The molecule has 0 aliphatic rings. The van der Waals surface area contributed by atoms with Gasteiger partial charge in [0.05, 0.1) is 18.3 Å². The number of nitrogens with two attached hydrogens (primary N) is 1. The van der Waals surface area contributed by atoms with Gasteiger partial charge < -0.3 is 20.5 Å². The number of hydrogen-bond donors (Lipinski definition) is 2. The van der Waals surface area contributed by atoms with E-state index in [2.05, 4.69) is 5.32 Å². The van der Waals surface area contributed by atoms with Crippen LogP contribution in [-0.4, -0.2) is 53.2 Å². The zero-order valence-corrected chi connectivity index (χ0v) is 21.8. The van der Waals surface area contributed by atoms with Crippen LogP contribution in [0.15, 0.2) is 54.7 Å². The normalized spacial score (nSPS) is 13.4. The number of carbonyl (C=O) groups excluding carboxylic acids is 1. The SMILES string of the molecule is CNCC(=O)N(CC[C@H](N)CF)[C@@H](c1nc(-c2cc(F)ccc2F)cn1Cc1ccccc1)C(C)(C)C. The van der Waals surface area contributed by atoms with E-state index in [4.69, 9.17) is 10.7 Å². The lowest BCUT2D eigenvalue weighted by Gasteiger charge is -2.40. The highest BCUT2D eigenvalue weighted by Crippen LogP contribution is 2.39. The summed E-state index contributed by atoms with van der Waals surface area (Å²) in [6.45, 7) is 5.95. The number of halogens is 3. The van der Waals surface area contributed by atoms with Crippen LogP contribution in [0.2, 0.25) is 0 Å². The van der Waals surface area contributed by atoms with Crippen LogP contribution in [0.4, 0.5) is 13.2 Å². The number of likely N-dealkylation sites (N-methyl/N-ethyl adjacent to an activating group) is 1. The van der Waals surface area contributed by atoms with E-state index in [1.165, 1.54) is 0 Å². The van der Waals surface area contributed by atoms with Gasteiger partial charge in [-0.05, 0) is 42.6 Å². The first-order valence-corrected chi connectivity index (χ1v) is 12.4. The molecular weight excluding hydrogens is 479 g/mol. The van der Waals surface area contributed by atoms with Gasteiger partial charge in [-0.1, -0.05) is 51.1 Å². The van der Waals surface area contributed by atoms with E-state index in [1.54, 1.807) is 18.1 Å². The largest absolute Gasteiger partial charge is 0.331 e. The molecule has 3 aromatic rings. The lowest BCUT2D eigenvalue weighted by Crippen LogP contribution is -2.47. The standard InChI is InChI=1S/C28H36F3N5O/c1-28(2,3)26(36(25(37)16-33-4)13-12-21(32)15-29)27-34-24(22-14-20(30)10-11-23(22)31)18-35(27)17-19-8-6-5-7-9-19/h5-11,14,18,21,26,33H,12-13,15-17,32H2,1-4H3/t21-,26-/m0/s1. The number of carbonyl (C=O) groups is 1. The summed E-state index contributed by atoms with van der Waals surface area (Å²) in [5.74, 6) is -0.842. The number of rotatable bonds is 11. The molecule has 0 spiro atoms. The monoisotopic (exact) mass is 515 g/mol. The van der Waals surface area contributed by atoms with Crippen molar-refractivity contribution in [3.63, 3.8) is 0 Å². The molecule has 0 aliphatic heterocycles. The Bertz CT molecular complexity index is 1180. The Kier molecular flexibility index (Phi) is 9.50. The van der Waals surface area contributed by atoms with Crippen LogP contribution in [-0.2, 0) is 11.3 Å². The zero-order valence-electron chi connectivity index (χ0n) is 21.8. The molecule has 0 radical (unpaired) electrons. The van der Waals surface area contributed by atoms with Crippen molar-refractivity contribution < 1.29 is 18.0 Å². The minimum Gasteiger partial charge on any atom is -0.331 e. The molecule has 1 amide bonds. The topological polar surface area (TPSA) is 76.2 Å². The van der Waals surface area contributed by atoms with E-state index in [9.17, 15) is 18.0 Å². The summed E-state index contributed by atoms with van der Waals surface area (Å²) in [7, 11) is 1.68. The van der Waals surface area contributed by atoms with Gasteiger partial charge in [-0.15, -0.1) is 0 Å². The van der Waals surface area contributed by atoms with Gasteiger partial charge in [-0.2, -0.15) is 0 Å². The Morgan fingerprint density at radius 3 is 2.49 bits per heavy atom. The molecule has 3 rings (SSSR count). The average molecular weight is 516 g/mol. The Morgan fingerprint density at radius 1 is 1.16 bits per heavy atom. The van der Waals surface area contributed by atoms with Gasteiger partial charge in [-0.3, -0.25) is 4.79 Å². The summed E-state index contributed by atoms with van der Waals surface area (Å²) >= 11 is 0. The molecule has 6 nitrogen and oxygen atoms in total. The molecule has 0 aliphatic carbocycles. The Labute approximate surface area is 216 Å². The predicted octanol–water partition coefficient (Wildman–Crippen LogP) is 4.70. The third-order valence-corrected chi connectivity index (χ3v) is 6.17. The number of nitrogens with zero attached hydrogens (tertiary/aromatic N) is 3. The van der Waals surface area contributed by atoms with Crippen molar-refractivity contribution >= 4 is 5.91 Å². The zero-order chi connectivity index (χ0) is 27.2. The lowest BCUT2D eigenvalue weighted by molar-refractivity contribution is -0.135. The smallest absolute Gasteiger partial charge is 0.237 e. The van der Waals surface area contributed by atoms with Crippen molar-refractivity contribution in [2.45, 2.75) is 45.8 Å². The molecule has 200 valence electrons. The highest BCUT2D eigenvalue weighted by Gasteiger charge is 2.38. The van der Waals surface area contributed by atoms with Gasteiger partial charge in [0.1, 0.15) is 24.1 Å². The summed E-state index contributed by atoms with van der Waals surface area (Å²) < 4.78 is 43.9.